The molecule has 0 radical (unpaired) electrons. The van der Waals surface area contributed by atoms with Crippen LogP contribution in [0.25, 0.3) is 10.9 Å². The number of benzene rings is 3. The predicted molar refractivity (Wildman–Crippen MR) is 126 cm³/mol. The van der Waals surface area contributed by atoms with Crippen molar-refractivity contribution in [1.82, 2.24) is 4.98 Å². The fourth-order valence-corrected chi connectivity index (χ4v) is 4.79. The summed E-state index contributed by atoms with van der Waals surface area (Å²) in [6.07, 6.45) is 1.77. The molecule has 0 saturated heterocycles. The van der Waals surface area contributed by atoms with Crippen LogP contribution in [0, 0.1) is 17.0 Å². The van der Waals surface area contributed by atoms with Crippen LogP contribution < -0.4 is 9.62 Å². The second-order valence-corrected chi connectivity index (χ2v) is 9.29. The zero-order chi connectivity index (χ0) is 23.6. The SMILES string of the molecule is Cc1ccc(S(=O)(=O)N(CC(=O)Nc2ccc3[nH]ccc3c2)c2cccc([N+](=O)[O-])c2)cc1. The monoisotopic (exact) mass is 464 g/mol. The minimum absolute atomic E-state index is 0.0148. The van der Waals surface area contributed by atoms with Gasteiger partial charge in [-0.3, -0.25) is 19.2 Å². The van der Waals surface area contributed by atoms with Crippen molar-refractivity contribution in [2.75, 3.05) is 16.2 Å². The van der Waals surface area contributed by atoms with E-state index in [9.17, 15) is 23.3 Å². The lowest BCUT2D eigenvalue weighted by molar-refractivity contribution is -0.384. The Bertz CT molecular complexity index is 1450. The number of carbonyl (C=O) groups excluding carboxylic acids is 1. The predicted octanol–water partition coefficient (Wildman–Crippen LogP) is 4.22. The molecule has 0 spiro atoms. The average molecular weight is 465 g/mol. The molecule has 4 aromatic rings. The van der Waals surface area contributed by atoms with Crippen LogP contribution in [0.5, 0.6) is 0 Å². The number of hydrogen-bond donors (Lipinski definition) is 2. The topological polar surface area (TPSA) is 125 Å². The van der Waals surface area contributed by atoms with E-state index >= 15 is 0 Å². The van der Waals surface area contributed by atoms with Crippen molar-refractivity contribution >= 4 is 43.9 Å². The number of nitrogens with zero attached hydrogens (tertiary/aromatic N) is 2. The lowest BCUT2D eigenvalue weighted by Crippen LogP contribution is -2.38. The molecule has 0 aliphatic heterocycles. The molecule has 1 heterocycles. The number of nitro benzene ring substituents is 1. The Morgan fingerprint density at radius 2 is 1.82 bits per heavy atom. The third-order valence-electron chi connectivity index (χ3n) is 5.06. The van der Waals surface area contributed by atoms with Gasteiger partial charge in [-0.1, -0.05) is 23.8 Å². The molecule has 0 unspecified atom stereocenters. The Balaban J connectivity index is 1.68. The van der Waals surface area contributed by atoms with Gasteiger partial charge >= 0.3 is 0 Å². The van der Waals surface area contributed by atoms with E-state index in [0.29, 0.717) is 5.69 Å². The minimum atomic E-state index is -4.18. The standard InChI is InChI=1S/C23H20N4O5S/c1-16-5-8-21(9-6-16)33(31,32)26(19-3-2-4-20(14-19)27(29)30)15-23(28)25-18-7-10-22-17(13-18)11-12-24-22/h2-14,24H,15H2,1H3,(H,25,28). The summed E-state index contributed by atoms with van der Waals surface area (Å²) in [5, 5.41) is 14.8. The molecule has 168 valence electrons. The summed E-state index contributed by atoms with van der Waals surface area (Å²) >= 11 is 0. The number of carbonyl (C=O) groups is 1. The highest BCUT2D eigenvalue weighted by Gasteiger charge is 2.28. The Kier molecular flexibility index (Phi) is 5.84. The maximum absolute atomic E-state index is 13.4. The van der Waals surface area contributed by atoms with Gasteiger partial charge in [0.1, 0.15) is 6.54 Å². The smallest absolute Gasteiger partial charge is 0.271 e. The number of anilines is 2. The van der Waals surface area contributed by atoms with Crippen LogP contribution in [0.2, 0.25) is 0 Å². The van der Waals surface area contributed by atoms with Gasteiger partial charge < -0.3 is 10.3 Å². The van der Waals surface area contributed by atoms with Gasteiger partial charge in [0.15, 0.2) is 0 Å². The maximum Gasteiger partial charge on any atom is 0.271 e. The van der Waals surface area contributed by atoms with Crippen LogP contribution in [-0.4, -0.2) is 30.8 Å². The lowest BCUT2D eigenvalue weighted by atomic mass is 10.2. The molecule has 2 N–H and O–H groups in total. The summed E-state index contributed by atoms with van der Waals surface area (Å²) in [5.41, 5.74) is 2.00. The maximum atomic E-state index is 13.4. The first-order valence-corrected chi connectivity index (χ1v) is 11.4. The van der Waals surface area contributed by atoms with Crippen LogP contribution >= 0.6 is 0 Å². The molecule has 4 rings (SSSR count). The number of aromatic amines is 1. The van der Waals surface area contributed by atoms with E-state index in [1.54, 1.807) is 36.5 Å². The normalized spacial score (nSPS) is 11.3. The molecule has 3 aromatic carbocycles. The molecular formula is C23H20N4O5S. The molecule has 1 amide bonds. The number of sulfonamides is 1. The highest BCUT2D eigenvalue weighted by Crippen LogP contribution is 2.27. The number of H-pyrrole nitrogens is 1. The number of non-ortho nitro benzene ring substituents is 1. The average Bonchev–Trinajstić information content (AvgIpc) is 3.25. The van der Waals surface area contributed by atoms with Gasteiger partial charge in [-0.15, -0.1) is 0 Å². The van der Waals surface area contributed by atoms with E-state index in [-0.39, 0.29) is 16.3 Å². The molecule has 0 bridgehead atoms. The first-order valence-electron chi connectivity index (χ1n) is 9.95. The van der Waals surface area contributed by atoms with Crippen molar-refractivity contribution in [2.24, 2.45) is 0 Å². The summed E-state index contributed by atoms with van der Waals surface area (Å²) in [7, 11) is -4.18. The van der Waals surface area contributed by atoms with Crippen LogP contribution in [0.3, 0.4) is 0 Å². The zero-order valence-corrected chi connectivity index (χ0v) is 18.4. The van der Waals surface area contributed by atoms with E-state index in [1.807, 2.05) is 13.0 Å². The number of nitrogens with one attached hydrogen (secondary N) is 2. The first kappa shape index (κ1) is 22.0. The molecular weight excluding hydrogens is 444 g/mol. The fourth-order valence-electron chi connectivity index (χ4n) is 3.38. The minimum Gasteiger partial charge on any atom is -0.361 e. The summed E-state index contributed by atoms with van der Waals surface area (Å²) in [6, 6.07) is 18.4. The lowest BCUT2D eigenvalue weighted by Gasteiger charge is -2.24. The third-order valence-corrected chi connectivity index (χ3v) is 6.85. The van der Waals surface area contributed by atoms with Crippen molar-refractivity contribution in [3.8, 4) is 0 Å². The molecule has 0 aliphatic carbocycles. The Labute approximate surface area is 189 Å². The number of rotatable bonds is 7. The Morgan fingerprint density at radius 1 is 1.06 bits per heavy atom. The number of aryl methyl sites for hydroxylation is 1. The highest BCUT2D eigenvalue weighted by molar-refractivity contribution is 7.92. The summed E-state index contributed by atoms with van der Waals surface area (Å²) in [6.45, 7) is 1.26. The molecule has 9 nitrogen and oxygen atoms in total. The Hall–Kier alpha value is -4.18. The molecule has 0 saturated carbocycles. The van der Waals surface area contributed by atoms with E-state index in [2.05, 4.69) is 10.3 Å². The van der Waals surface area contributed by atoms with E-state index < -0.39 is 27.4 Å². The summed E-state index contributed by atoms with van der Waals surface area (Å²) in [4.78, 5) is 26.5. The van der Waals surface area contributed by atoms with Crippen molar-refractivity contribution in [1.29, 1.82) is 0 Å². The molecule has 0 atom stereocenters. The van der Waals surface area contributed by atoms with Crippen molar-refractivity contribution in [3.63, 3.8) is 0 Å². The van der Waals surface area contributed by atoms with Gasteiger partial charge in [-0.25, -0.2) is 8.42 Å². The number of fused-ring (bicyclic) bond motifs is 1. The van der Waals surface area contributed by atoms with Crippen LogP contribution in [0.15, 0.2) is 83.9 Å². The van der Waals surface area contributed by atoms with Crippen molar-refractivity contribution < 1.29 is 18.1 Å². The number of amides is 1. The number of aromatic nitrogens is 1. The summed E-state index contributed by atoms with van der Waals surface area (Å²) in [5.74, 6) is -0.591. The first-order chi connectivity index (χ1) is 15.7. The second-order valence-electron chi connectivity index (χ2n) is 7.43. The third kappa shape index (κ3) is 4.70. The fraction of sp³-hybridized carbons (Fsp3) is 0.0870. The van der Waals surface area contributed by atoms with Crippen LogP contribution in [0.1, 0.15) is 5.56 Å². The largest absolute Gasteiger partial charge is 0.361 e. The molecule has 33 heavy (non-hydrogen) atoms. The van der Waals surface area contributed by atoms with Gasteiger partial charge in [-0.2, -0.15) is 0 Å². The summed E-state index contributed by atoms with van der Waals surface area (Å²) < 4.78 is 27.7. The number of nitro groups is 1. The quantitative estimate of drug-likeness (QED) is 0.313. The van der Waals surface area contributed by atoms with Gasteiger partial charge in [0.2, 0.25) is 5.91 Å². The van der Waals surface area contributed by atoms with Gasteiger partial charge in [0.25, 0.3) is 15.7 Å². The Morgan fingerprint density at radius 3 is 2.55 bits per heavy atom. The van der Waals surface area contributed by atoms with Gasteiger partial charge in [-0.05, 0) is 49.4 Å². The van der Waals surface area contributed by atoms with E-state index in [1.165, 1.54) is 30.3 Å². The van der Waals surface area contributed by atoms with E-state index in [4.69, 9.17) is 0 Å². The van der Waals surface area contributed by atoms with Gasteiger partial charge in [0.05, 0.1) is 15.5 Å². The molecule has 0 aliphatic rings. The van der Waals surface area contributed by atoms with Crippen LogP contribution in [-0.2, 0) is 14.8 Å². The van der Waals surface area contributed by atoms with Crippen molar-refractivity contribution in [3.05, 3.63) is 94.7 Å². The zero-order valence-electron chi connectivity index (χ0n) is 17.6. The van der Waals surface area contributed by atoms with Gasteiger partial charge in [0, 0.05) is 34.9 Å². The van der Waals surface area contributed by atoms with E-state index in [0.717, 1.165) is 26.8 Å². The second kappa shape index (κ2) is 8.75. The van der Waals surface area contributed by atoms with Crippen molar-refractivity contribution in [2.45, 2.75) is 11.8 Å². The number of hydrogen-bond acceptors (Lipinski definition) is 5. The highest BCUT2D eigenvalue weighted by atomic mass is 32.2. The molecule has 0 fully saturated rings. The molecule has 1 aromatic heterocycles. The molecule has 10 heteroatoms. The van der Waals surface area contributed by atoms with Crippen LogP contribution in [0.4, 0.5) is 17.1 Å².